The summed E-state index contributed by atoms with van der Waals surface area (Å²) in [7, 11) is 0. The van der Waals surface area contributed by atoms with Crippen LogP contribution in [0.15, 0.2) is 12.1 Å². The molecule has 4 rings (SSSR count). The minimum Gasteiger partial charge on any atom is -0.461 e. The van der Waals surface area contributed by atoms with E-state index in [1.54, 1.807) is 0 Å². The molecule has 0 bridgehead atoms. The van der Waals surface area contributed by atoms with Crippen LogP contribution in [0, 0.1) is 10.8 Å². The van der Waals surface area contributed by atoms with E-state index in [0.29, 0.717) is 0 Å². The van der Waals surface area contributed by atoms with Crippen molar-refractivity contribution in [2.45, 2.75) is 90.9 Å². The van der Waals surface area contributed by atoms with Crippen LogP contribution in [0.5, 0.6) is 11.5 Å². The van der Waals surface area contributed by atoms with Crippen LogP contribution < -0.4 is 9.47 Å². The van der Waals surface area contributed by atoms with Gasteiger partial charge in [0.15, 0.2) is 11.5 Å². The first kappa shape index (κ1) is 38.9. The lowest BCUT2D eigenvalue weighted by atomic mass is 9.66. The molecule has 0 heterocycles. The summed E-state index contributed by atoms with van der Waals surface area (Å²) in [5.41, 5.74) is -1.17. The van der Waals surface area contributed by atoms with Crippen molar-refractivity contribution in [1.82, 2.24) is 0 Å². The SMILES string of the molecule is CCCCC1(COC(=O)c2c(Cl)c(Cl)cc(Cl)c2OC(=O)C(=O)Oc2c(Cl)cc(Cl)c(Cl)c2C(=O)OCC2(CCCC)CCC2)CCC1. The van der Waals surface area contributed by atoms with Gasteiger partial charge in [-0.05, 0) is 50.7 Å². The molecule has 0 radical (unpaired) electrons. The van der Waals surface area contributed by atoms with Gasteiger partial charge in [-0.15, -0.1) is 0 Å². The fourth-order valence-electron chi connectivity index (χ4n) is 5.96. The Kier molecular flexibility index (Phi) is 13.6. The third-order valence-corrected chi connectivity index (χ3v) is 11.3. The van der Waals surface area contributed by atoms with E-state index in [9.17, 15) is 19.2 Å². The number of rotatable bonds is 14. The van der Waals surface area contributed by atoms with Gasteiger partial charge in [-0.25, -0.2) is 19.2 Å². The number of esters is 4. The fraction of sp³-hybridized carbons (Fsp3) is 0.529. The molecule has 48 heavy (non-hydrogen) atoms. The van der Waals surface area contributed by atoms with E-state index in [1.807, 2.05) is 0 Å². The van der Waals surface area contributed by atoms with Crippen LogP contribution in [-0.2, 0) is 19.1 Å². The van der Waals surface area contributed by atoms with Crippen LogP contribution in [0.4, 0.5) is 0 Å². The predicted octanol–water partition coefficient (Wildman–Crippen LogP) is 11.2. The highest BCUT2D eigenvalue weighted by molar-refractivity contribution is 6.47. The van der Waals surface area contributed by atoms with E-state index in [0.717, 1.165) is 89.2 Å². The molecule has 0 atom stereocenters. The maximum absolute atomic E-state index is 13.3. The molecule has 2 aromatic rings. The number of halogens is 6. The Balaban J connectivity index is 1.54. The summed E-state index contributed by atoms with van der Waals surface area (Å²) in [5, 5.41) is -1.40. The van der Waals surface area contributed by atoms with E-state index in [1.165, 1.54) is 0 Å². The second-order valence-corrected chi connectivity index (χ2v) is 14.9. The maximum atomic E-state index is 13.3. The highest BCUT2D eigenvalue weighted by Crippen LogP contribution is 2.48. The van der Waals surface area contributed by atoms with Gasteiger partial charge in [-0.1, -0.05) is 122 Å². The molecule has 2 aliphatic carbocycles. The molecule has 2 saturated carbocycles. The summed E-state index contributed by atoms with van der Waals surface area (Å²) >= 11 is 37.7. The molecule has 0 unspecified atom stereocenters. The van der Waals surface area contributed by atoms with Crippen LogP contribution in [0.2, 0.25) is 30.1 Å². The molecule has 0 amide bonds. The van der Waals surface area contributed by atoms with Gasteiger partial charge in [0.25, 0.3) is 0 Å². The lowest BCUT2D eigenvalue weighted by Gasteiger charge is -2.41. The van der Waals surface area contributed by atoms with Gasteiger partial charge in [-0.2, -0.15) is 0 Å². The summed E-state index contributed by atoms with van der Waals surface area (Å²) in [5.74, 6) is -6.26. The first-order valence-corrected chi connectivity index (χ1v) is 18.2. The molecule has 262 valence electrons. The van der Waals surface area contributed by atoms with E-state index in [-0.39, 0.29) is 54.2 Å². The third kappa shape index (κ3) is 8.85. The van der Waals surface area contributed by atoms with Gasteiger partial charge < -0.3 is 18.9 Å². The van der Waals surface area contributed by atoms with Gasteiger partial charge >= 0.3 is 23.9 Å². The molecule has 8 nitrogen and oxygen atoms in total. The van der Waals surface area contributed by atoms with Crippen molar-refractivity contribution in [2.24, 2.45) is 10.8 Å². The van der Waals surface area contributed by atoms with Crippen molar-refractivity contribution < 1.29 is 38.1 Å². The second-order valence-electron chi connectivity index (χ2n) is 12.6. The summed E-state index contributed by atoms with van der Waals surface area (Å²) in [4.78, 5) is 52.8. The number of unbranched alkanes of at least 4 members (excludes halogenated alkanes) is 2. The average Bonchev–Trinajstić information content (AvgIpc) is 3.01. The molecule has 0 aromatic heterocycles. The van der Waals surface area contributed by atoms with Crippen molar-refractivity contribution in [3.63, 3.8) is 0 Å². The summed E-state index contributed by atoms with van der Waals surface area (Å²) in [6.45, 7) is 4.41. The van der Waals surface area contributed by atoms with Crippen LogP contribution >= 0.6 is 69.6 Å². The maximum Gasteiger partial charge on any atom is 0.423 e. The minimum atomic E-state index is -1.63. The normalized spacial score (nSPS) is 15.9. The fourth-order valence-corrected chi connectivity index (χ4v) is 7.40. The number of hydrogen-bond acceptors (Lipinski definition) is 8. The topological polar surface area (TPSA) is 105 Å². The van der Waals surface area contributed by atoms with E-state index < -0.39 is 46.5 Å². The van der Waals surface area contributed by atoms with Crippen molar-refractivity contribution in [2.75, 3.05) is 13.2 Å². The number of carbonyl (C=O) groups is 4. The zero-order chi connectivity index (χ0) is 35.2. The summed E-state index contributed by atoms with van der Waals surface area (Å²) in [6, 6.07) is 2.29. The van der Waals surface area contributed by atoms with Crippen molar-refractivity contribution in [3.05, 3.63) is 53.4 Å². The lowest BCUT2D eigenvalue weighted by Crippen LogP contribution is -2.35. The van der Waals surface area contributed by atoms with E-state index >= 15 is 0 Å². The molecular weight excluding hydrogens is 749 g/mol. The van der Waals surface area contributed by atoms with Crippen LogP contribution in [0.3, 0.4) is 0 Å². The number of benzene rings is 2. The molecule has 2 fully saturated rings. The number of ether oxygens (including phenoxy) is 4. The third-order valence-electron chi connectivity index (χ3n) is 9.19. The molecule has 14 heteroatoms. The first-order chi connectivity index (χ1) is 22.8. The van der Waals surface area contributed by atoms with Crippen molar-refractivity contribution in [3.8, 4) is 11.5 Å². The Morgan fingerprint density at radius 3 is 1.25 bits per heavy atom. The number of carbonyl (C=O) groups excluding carboxylic acids is 4. The molecule has 0 aliphatic heterocycles. The van der Waals surface area contributed by atoms with Crippen LogP contribution in [0.1, 0.15) is 112 Å². The Labute approximate surface area is 309 Å². The Bertz CT molecular complexity index is 1450. The standard InChI is InChI=1S/C34H36Cl6O8/c1-3-5-9-33(11-7-12-33)17-45-29(41)23-25(39)19(35)15-21(37)27(23)47-31(43)32(44)48-28-22(38)16-20(36)26(40)24(28)30(42)46-18-34(10-6-4-2)13-8-14-34/h15-16H,3-14,17-18H2,1-2H3. The molecule has 0 spiro atoms. The first-order valence-electron chi connectivity index (χ1n) is 15.9. The second kappa shape index (κ2) is 16.8. The molecule has 2 aromatic carbocycles. The Hall–Kier alpha value is -1.94. The van der Waals surface area contributed by atoms with Crippen molar-refractivity contribution in [1.29, 1.82) is 0 Å². The van der Waals surface area contributed by atoms with Gasteiger partial charge in [0, 0.05) is 10.8 Å². The molecule has 2 aliphatic rings. The largest absolute Gasteiger partial charge is 0.461 e. The monoisotopic (exact) mass is 782 g/mol. The Morgan fingerprint density at radius 2 is 0.958 bits per heavy atom. The van der Waals surface area contributed by atoms with Gasteiger partial charge in [0.05, 0.1) is 43.3 Å². The zero-order valence-electron chi connectivity index (χ0n) is 26.6. The summed E-state index contributed by atoms with van der Waals surface area (Å²) in [6.07, 6.45) is 11.4. The predicted molar refractivity (Wildman–Crippen MR) is 186 cm³/mol. The lowest BCUT2D eigenvalue weighted by molar-refractivity contribution is -0.156. The molecule has 0 N–H and O–H groups in total. The van der Waals surface area contributed by atoms with Crippen molar-refractivity contribution >= 4 is 93.5 Å². The molecular formula is C34H36Cl6O8. The molecule has 0 saturated heterocycles. The minimum absolute atomic E-state index is 0.107. The van der Waals surface area contributed by atoms with Gasteiger partial charge in [0.2, 0.25) is 0 Å². The average molecular weight is 785 g/mol. The highest BCUT2D eigenvalue weighted by Gasteiger charge is 2.40. The van der Waals surface area contributed by atoms with Crippen LogP contribution in [0.25, 0.3) is 0 Å². The van der Waals surface area contributed by atoms with Crippen LogP contribution in [-0.4, -0.2) is 37.1 Å². The van der Waals surface area contributed by atoms with E-state index in [2.05, 4.69) is 13.8 Å². The zero-order valence-corrected chi connectivity index (χ0v) is 31.1. The number of hydrogen-bond donors (Lipinski definition) is 0. The van der Waals surface area contributed by atoms with Gasteiger partial charge in [0.1, 0.15) is 11.1 Å². The Morgan fingerprint density at radius 1 is 0.604 bits per heavy atom. The van der Waals surface area contributed by atoms with E-state index in [4.69, 9.17) is 88.6 Å². The highest BCUT2D eigenvalue weighted by atomic mass is 35.5. The van der Waals surface area contributed by atoms with Gasteiger partial charge in [-0.3, -0.25) is 0 Å². The smallest absolute Gasteiger partial charge is 0.423 e. The quantitative estimate of drug-likeness (QED) is 0.0807. The summed E-state index contributed by atoms with van der Waals surface area (Å²) < 4.78 is 21.7.